The van der Waals surface area contributed by atoms with Crippen molar-refractivity contribution in [2.75, 3.05) is 39.3 Å². The molecule has 0 atom stereocenters. The second-order valence-corrected chi connectivity index (χ2v) is 3.60. The topological polar surface area (TPSA) is 110 Å². The highest BCUT2D eigenvalue weighted by Crippen LogP contribution is 1.94. The third-order valence-electron chi connectivity index (χ3n) is 2.18. The summed E-state index contributed by atoms with van der Waals surface area (Å²) in [5, 5.41) is 28.6. The van der Waals surface area contributed by atoms with Crippen molar-refractivity contribution in [3.8, 4) is 0 Å². The maximum Gasteiger partial charge on any atom is 0.304 e. The van der Waals surface area contributed by atoms with E-state index in [1.54, 1.807) is 4.90 Å². The van der Waals surface area contributed by atoms with Gasteiger partial charge in [0.05, 0.1) is 19.4 Å². The van der Waals surface area contributed by atoms with Crippen LogP contribution in [0.25, 0.3) is 0 Å². The van der Waals surface area contributed by atoms with Crippen molar-refractivity contribution in [2.24, 2.45) is 0 Å². The Hall–Kier alpha value is -1.18. The van der Waals surface area contributed by atoms with Gasteiger partial charge in [0.1, 0.15) is 0 Å². The van der Waals surface area contributed by atoms with Gasteiger partial charge in [-0.25, -0.2) is 0 Å². The minimum Gasteiger partial charge on any atom is -0.481 e. The lowest BCUT2D eigenvalue weighted by Crippen LogP contribution is -2.35. The van der Waals surface area contributed by atoms with Crippen molar-refractivity contribution in [1.29, 1.82) is 0 Å². The molecule has 0 aromatic heterocycles. The second-order valence-electron chi connectivity index (χ2n) is 3.60. The molecular weight excluding hydrogens is 228 g/mol. The molecular formula is C10H20N2O5. The number of nitrogens with one attached hydrogen (secondary N) is 1. The van der Waals surface area contributed by atoms with E-state index in [4.69, 9.17) is 15.3 Å². The highest BCUT2D eigenvalue weighted by Gasteiger charge is 2.09. The number of hydrogen-bond acceptors (Lipinski definition) is 5. The van der Waals surface area contributed by atoms with Crippen molar-refractivity contribution >= 4 is 11.9 Å². The largest absolute Gasteiger partial charge is 0.481 e. The first kappa shape index (κ1) is 15.8. The maximum absolute atomic E-state index is 10.4. The fraction of sp³-hybridized carbons (Fsp3) is 0.800. The summed E-state index contributed by atoms with van der Waals surface area (Å²) in [6.45, 7) is 2.36. The van der Waals surface area contributed by atoms with E-state index in [0.29, 0.717) is 32.7 Å². The Balaban J connectivity index is 3.83. The molecule has 0 saturated carbocycles. The molecule has 0 bridgehead atoms. The first-order valence-electron chi connectivity index (χ1n) is 5.53. The number of carboxylic acid groups (broad SMARTS) is 2. The summed E-state index contributed by atoms with van der Waals surface area (Å²) in [7, 11) is 0. The quantitative estimate of drug-likeness (QED) is 0.341. The van der Waals surface area contributed by atoms with Gasteiger partial charge in [0, 0.05) is 32.7 Å². The van der Waals surface area contributed by atoms with Gasteiger partial charge in [0.15, 0.2) is 0 Å². The molecule has 0 fully saturated rings. The van der Waals surface area contributed by atoms with Crippen LogP contribution in [-0.2, 0) is 9.59 Å². The van der Waals surface area contributed by atoms with Crippen LogP contribution < -0.4 is 5.32 Å². The normalized spacial score (nSPS) is 10.7. The zero-order valence-electron chi connectivity index (χ0n) is 9.76. The minimum atomic E-state index is -0.895. The Bertz CT molecular complexity index is 217. The molecule has 0 aliphatic carbocycles. The smallest absolute Gasteiger partial charge is 0.304 e. The fourth-order valence-electron chi connectivity index (χ4n) is 1.28. The Morgan fingerprint density at radius 2 is 1.47 bits per heavy atom. The molecule has 4 N–H and O–H groups in total. The predicted octanol–water partition coefficient (Wildman–Crippen LogP) is -1.18. The average Bonchev–Trinajstić information content (AvgIpc) is 2.26. The summed E-state index contributed by atoms with van der Waals surface area (Å²) < 4.78 is 0. The van der Waals surface area contributed by atoms with E-state index < -0.39 is 11.9 Å². The molecule has 0 rings (SSSR count). The van der Waals surface area contributed by atoms with Gasteiger partial charge in [0.25, 0.3) is 0 Å². The van der Waals surface area contributed by atoms with Crippen molar-refractivity contribution in [3.63, 3.8) is 0 Å². The van der Waals surface area contributed by atoms with E-state index in [-0.39, 0.29) is 19.4 Å². The Kier molecular flexibility index (Phi) is 9.31. The Morgan fingerprint density at radius 3 is 1.88 bits per heavy atom. The number of hydrogen-bond donors (Lipinski definition) is 4. The average molecular weight is 248 g/mol. The van der Waals surface area contributed by atoms with Crippen LogP contribution in [0.3, 0.4) is 0 Å². The molecule has 0 unspecified atom stereocenters. The van der Waals surface area contributed by atoms with Gasteiger partial charge in [-0.2, -0.15) is 0 Å². The molecule has 0 heterocycles. The zero-order chi connectivity index (χ0) is 13.1. The van der Waals surface area contributed by atoms with Gasteiger partial charge >= 0.3 is 11.9 Å². The Labute approximate surface area is 100 Å². The molecule has 7 nitrogen and oxygen atoms in total. The summed E-state index contributed by atoms with van der Waals surface area (Å²) in [5.41, 5.74) is 0. The Morgan fingerprint density at radius 1 is 0.941 bits per heavy atom. The van der Waals surface area contributed by atoms with Crippen LogP contribution in [-0.4, -0.2) is 71.5 Å². The molecule has 0 aromatic carbocycles. The van der Waals surface area contributed by atoms with Gasteiger partial charge in [-0.15, -0.1) is 0 Å². The number of aliphatic carboxylic acids is 2. The summed E-state index contributed by atoms with van der Waals surface area (Å²) in [6, 6.07) is 0. The monoisotopic (exact) mass is 248 g/mol. The molecule has 7 heteroatoms. The number of aliphatic hydroxyl groups is 1. The molecule has 0 amide bonds. The molecule has 0 radical (unpaired) electrons. The second kappa shape index (κ2) is 10.0. The summed E-state index contributed by atoms with van der Waals surface area (Å²) in [4.78, 5) is 22.6. The van der Waals surface area contributed by atoms with Crippen LogP contribution in [0.15, 0.2) is 0 Å². The molecule has 17 heavy (non-hydrogen) atoms. The summed E-state index contributed by atoms with van der Waals surface area (Å²) in [5.74, 6) is -1.79. The van der Waals surface area contributed by atoms with Crippen LogP contribution in [0, 0.1) is 0 Å². The lowest BCUT2D eigenvalue weighted by Gasteiger charge is -2.20. The van der Waals surface area contributed by atoms with Crippen molar-refractivity contribution in [3.05, 3.63) is 0 Å². The van der Waals surface area contributed by atoms with E-state index in [1.165, 1.54) is 0 Å². The summed E-state index contributed by atoms with van der Waals surface area (Å²) >= 11 is 0. The van der Waals surface area contributed by atoms with Crippen LogP contribution in [0.2, 0.25) is 0 Å². The molecule has 100 valence electrons. The van der Waals surface area contributed by atoms with E-state index in [9.17, 15) is 9.59 Å². The van der Waals surface area contributed by atoms with Crippen molar-refractivity contribution in [1.82, 2.24) is 10.2 Å². The molecule has 0 aromatic rings. The van der Waals surface area contributed by atoms with Crippen molar-refractivity contribution in [2.45, 2.75) is 12.8 Å². The third kappa shape index (κ3) is 11.1. The van der Waals surface area contributed by atoms with Crippen molar-refractivity contribution < 1.29 is 24.9 Å². The van der Waals surface area contributed by atoms with E-state index in [1.807, 2.05) is 0 Å². The number of carboxylic acids is 2. The molecule has 0 aliphatic heterocycles. The standard InChI is InChI=1S/C10H20N2O5/c13-8-4-11-3-7-12(5-1-9(14)15)6-2-10(16)17/h11,13H,1-8H2,(H,14,15)(H,16,17). The van der Waals surface area contributed by atoms with Gasteiger partial charge < -0.3 is 25.5 Å². The zero-order valence-corrected chi connectivity index (χ0v) is 9.76. The fourth-order valence-corrected chi connectivity index (χ4v) is 1.28. The third-order valence-corrected chi connectivity index (χ3v) is 2.18. The minimum absolute atomic E-state index is 0.000378. The SMILES string of the molecule is O=C(O)CCN(CCNCCO)CCC(=O)O. The van der Waals surface area contributed by atoms with E-state index >= 15 is 0 Å². The van der Waals surface area contributed by atoms with Gasteiger partial charge in [-0.05, 0) is 0 Å². The van der Waals surface area contributed by atoms with Crippen LogP contribution >= 0.6 is 0 Å². The molecule has 0 saturated heterocycles. The predicted molar refractivity (Wildman–Crippen MR) is 60.9 cm³/mol. The van der Waals surface area contributed by atoms with Gasteiger partial charge in [0.2, 0.25) is 0 Å². The van der Waals surface area contributed by atoms with Gasteiger partial charge in [-0.1, -0.05) is 0 Å². The van der Waals surface area contributed by atoms with Crippen LogP contribution in [0.5, 0.6) is 0 Å². The summed E-state index contributed by atoms with van der Waals surface area (Å²) in [6.07, 6.45) is -0.000756. The number of rotatable bonds is 11. The first-order valence-corrected chi connectivity index (χ1v) is 5.53. The van der Waals surface area contributed by atoms with Crippen LogP contribution in [0.4, 0.5) is 0 Å². The van der Waals surface area contributed by atoms with E-state index in [2.05, 4.69) is 5.32 Å². The molecule has 0 spiro atoms. The molecule has 0 aliphatic rings. The van der Waals surface area contributed by atoms with E-state index in [0.717, 1.165) is 0 Å². The lowest BCUT2D eigenvalue weighted by molar-refractivity contribution is -0.137. The maximum atomic E-state index is 10.4. The lowest BCUT2D eigenvalue weighted by atomic mass is 10.3. The number of nitrogens with zero attached hydrogens (tertiary/aromatic N) is 1. The first-order chi connectivity index (χ1) is 8.06. The van der Waals surface area contributed by atoms with Gasteiger partial charge in [-0.3, -0.25) is 9.59 Å². The highest BCUT2D eigenvalue weighted by molar-refractivity contribution is 5.67. The van der Waals surface area contributed by atoms with Crippen LogP contribution in [0.1, 0.15) is 12.8 Å². The number of carbonyl (C=O) groups is 2. The highest BCUT2D eigenvalue weighted by atomic mass is 16.4. The number of aliphatic hydroxyl groups excluding tert-OH is 1.